The smallest absolute Gasteiger partial charge is 0.415 e. The summed E-state index contributed by atoms with van der Waals surface area (Å²) in [6.45, 7) is -0.894. The van der Waals surface area contributed by atoms with E-state index in [1.807, 2.05) is 0 Å². The lowest BCUT2D eigenvalue weighted by atomic mass is 10.2. The van der Waals surface area contributed by atoms with E-state index in [1.54, 1.807) is 0 Å². The first-order chi connectivity index (χ1) is 8.32. The summed E-state index contributed by atoms with van der Waals surface area (Å²) in [4.78, 5) is 14.5. The molecule has 1 rings (SSSR count). The molecule has 3 N–H and O–H groups in total. The molecular weight excluding hydrogens is 253 g/mol. The molecule has 0 saturated heterocycles. The molecule has 0 amide bonds. The van der Waals surface area contributed by atoms with Crippen molar-refractivity contribution in [2.75, 3.05) is 6.54 Å². The third kappa shape index (κ3) is 3.97. The number of nitrogens with zero attached hydrogens (tertiary/aromatic N) is 1. The zero-order chi connectivity index (χ0) is 13.8. The average molecular weight is 264 g/mol. The molecule has 0 aliphatic carbocycles. The number of aliphatic hydroxyl groups excluding tert-OH is 1. The Kier molecular flexibility index (Phi) is 4.62. The van der Waals surface area contributed by atoms with E-state index >= 15 is 0 Å². The predicted octanol–water partition coefficient (Wildman–Crippen LogP) is 0.793. The topological polar surface area (TPSA) is 82.5 Å². The number of hydrogen-bond donors (Lipinski definition) is 3. The van der Waals surface area contributed by atoms with Crippen molar-refractivity contribution >= 4 is 5.97 Å². The predicted molar refractivity (Wildman–Crippen MR) is 55.0 cm³/mol. The molecule has 8 heteroatoms. The van der Waals surface area contributed by atoms with Gasteiger partial charge in [0, 0.05) is 19.3 Å². The van der Waals surface area contributed by atoms with Crippen LogP contribution in [-0.4, -0.2) is 40.0 Å². The first-order valence-corrected chi connectivity index (χ1v) is 4.95. The van der Waals surface area contributed by atoms with Gasteiger partial charge in [-0.3, -0.25) is 4.98 Å². The average Bonchev–Trinajstić information content (AvgIpc) is 2.28. The Morgan fingerprint density at radius 2 is 2.17 bits per heavy atom. The summed E-state index contributed by atoms with van der Waals surface area (Å²) in [5.41, 5.74) is 0.0193. The molecule has 100 valence electrons. The van der Waals surface area contributed by atoms with Crippen LogP contribution in [0.2, 0.25) is 0 Å². The molecule has 1 heterocycles. The molecular formula is C10H11F3N2O3. The molecule has 1 unspecified atom stereocenters. The van der Waals surface area contributed by atoms with Crippen molar-refractivity contribution in [1.82, 2.24) is 10.3 Å². The maximum Gasteiger partial charge on any atom is 0.415 e. The van der Waals surface area contributed by atoms with E-state index in [-0.39, 0.29) is 17.8 Å². The fourth-order valence-corrected chi connectivity index (χ4v) is 1.22. The fraction of sp³-hybridized carbons (Fsp3) is 0.400. The number of aromatic carboxylic acids is 1. The molecule has 0 spiro atoms. The number of aromatic nitrogens is 1. The van der Waals surface area contributed by atoms with Gasteiger partial charge in [0.05, 0.1) is 11.3 Å². The van der Waals surface area contributed by atoms with Gasteiger partial charge in [-0.25, -0.2) is 4.79 Å². The van der Waals surface area contributed by atoms with Crippen LogP contribution in [0.4, 0.5) is 13.2 Å². The molecule has 0 aliphatic heterocycles. The van der Waals surface area contributed by atoms with E-state index in [2.05, 4.69) is 10.3 Å². The Hall–Kier alpha value is -1.67. The van der Waals surface area contributed by atoms with E-state index in [9.17, 15) is 18.0 Å². The van der Waals surface area contributed by atoms with E-state index < -0.39 is 24.8 Å². The highest BCUT2D eigenvalue weighted by Crippen LogP contribution is 2.19. The summed E-state index contributed by atoms with van der Waals surface area (Å²) in [5.74, 6) is -1.21. The third-order valence-corrected chi connectivity index (χ3v) is 2.13. The van der Waals surface area contributed by atoms with Crippen LogP contribution in [0, 0.1) is 0 Å². The minimum absolute atomic E-state index is 0.0912. The molecule has 0 radical (unpaired) electrons. The summed E-state index contributed by atoms with van der Waals surface area (Å²) >= 11 is 0. The van der Waals surface area contributed by atoms with E-state index in [0.717, 1.165) is 0 Å². The number of rotatable bonds is 5. The molecule has 0 saturated carbocycles. The number of carbonyl (C=O) groups is 1. The molecule has 0 bridgehead atoms. The first-order valence-electron chi connectivity index (χ1n) is 4.95. The van der Waals surface area contributed by atoms with Gasteiger partial charge >= 0.3 is 12.1 Å². The van der Waals surface area contributed by atoms with Crippen molar-refractivity contribution in [2.24, 2.45) is 0 Å². The van der Waals surface area contributed by atoms with Crippen LogP contribution in [0.3, 0.4) is 0 Å². The molecule has 1 aromatic rings. The number of aliphatic hydroxyl groups is 1. The fourth-order valence-electron chi connectivity index (χ4n) is 1.22. The van der Waals surface area contributed by atoms with Crippen molar-refractivity contribution in [3.05, 3.63) is 29.6 Å². The number of carboxylic acid groups (broad SMARTS) is 1. The van der Waals surface area contributed by atoms with Gasteiger partial charge in [0.15, 0.2) is 6.10 Å². The number of alkyl halides is 3. The number of carboxylic acids is 1. The maximum absolute atomic E-state index is 12.0. The second kappa shape index (κ2) is 5.78. The largest absolute Gasteiger partial charge is 0.478 e. The third-order valence-electron chi connectivity index (χ3n) is 2.13. The van der Waals surface area contributed by atoms with Gasteiger partial charge in [0.1, 0.15) is 0 Å². The Bertz CT molecular complexity index is 423. The SMILES string of the molecule is O=C(O)c1cccnc1CNCC(O)C(F)(F)F. The second-order valence-electron chi connectivity index (χ2n) is 3.49. The van der Waals surface area contributed by atoms with Gasteiger partial charge in [-0.15, -0.1) is 0 Å². The monoisotopic (exact) mass is 264 g/mol. The molecule has 1 aromatic heterocycles. The van der Waals surface area contributed by atoms with Crippen LogP contribution in [0.25, 0.3) is 0 Å². The Morgan fingerprint density at radius 1 is 1.50 bits per heavy atom. The highest BCUT2D eigenvalue weighted by molar-refractivity contribution is 5.88. The molecule has 0 fully saturated rings. The van der Waals surface area contributed by atoms with Crippen LogP contribution in [0.5, 0.6) is 0 Å². The lowest BCUT2D eigenvalue weighted by Gasteiger charge is -2.15. The maximum atomic E-state index is 12.0. The van der Waals surface area contributed by atoms with Crippen LogP contribution in [0.1, 0.15) is 16.1 Å². The van der Waals surface area contributed by atoms with Gasteiger partial charge in [-0.1, -0.05) is 0 Å². The van der Waals surface area contributed by atoms with Gasteiger partial charge < -0.3 is 15.5 Å². The van der Waals surface area contributed by atoms with Gasteiger partial charge in [0.2, 0.25) is 0 Å². The standard InChI is InChI=1S/C10H11F3N2O3/c11-10(12,13)8(16)5-14-4-7-6(9(17)18)2-1-3-15-7/h1-3,8,14,16H,4-5H2,(H,17,18). The molecule has 18 heavy (non-hydrogen) atoms. The minimum atomic E-state index is -4.70. The number of pyridine rings is 1. The van der Waals surface area contributed by atoms with Crippen LogP contribution in [-0.2, 0) is 6.54 Å². The van der Waals surface area contributed by atoms with Crippen molar-refractivity contribution in [1.29, 1.82) is 0 Å². The first kappa shape index (κ1) is 14.4. The lowest BCUT2D eigenvalue weighted by Crippen LogP contribution is -2.38. The quantitative estimate of drug-likeness (QED) is 0.732. The second-order valence-corrected chi connectivity index (χ2v) is 3.49. The van der Waals surface area contributed by atoms with Gasteiger partial charge in [-0.05, 0) is 12.1 Å². The molecule has 0 aliphatic rings. The zero-order valence-electron chi connectivity index (χ0n) is 9.11. The van der Waals surface area contributed by atoms with Crippen LogP contribution >= 0.6 is 0 Å². The number of nitrogens with one attached hydrogen (secondary N) is 1. The molecule has 1 atom stereocenters. The van der Waals surface area contributed by atoms with Gasteiger partial charge in [-0.2, -0.15) is 13.2 Å². The van der Waals surface area contributed by atoms with E-state index in [0.29, 0.717) is 0 Å². The minimum Gasteiger partial charge on any atom is -0.478 e. The molecule has 5 nitrogen and oxygen atoms in total. The van der Waals surface area contributed by atoms with Crippen LogP contribution < -0.4 is 5.32 Å². The summed E-state index contributed by atoms with van der Waals surface area (Å²) in [7, 11) is 0. The van der Waals surface area contributed by atoms with E-state index in [4.69, 9.17) is 10.2 Å². The summed E-state index contributed by atoms with van der Waals surface area (Å²) in [6.07, 6.45) is -5.86. The Labute approximate surface area is 100 Å². The Balaban J connectivity index is 2.57. The van der Waals surface area contributed by atoms with Crippen molar-refractivity contribution in [3.8, 4) is 0 Å². The van der Waals surface area contributed by atoms with Crippen molar-refractivity contribution < 1.29 is 28.2 Å². The van der Waals surface area contributed by atoms with Gasteiger partial charge in [0.25, 0.3) is 0 Å². The lowest BCUT2D eigenvalue weighted by molar-refractivity contribution is -0.201. The zero-order valence-corrected chi connectivity index (χ0v) is 9.11. The number of hydrogen-bond acceptors (Lipinski definition) is 4. The van der Waals surface area contributed by atoms with Crippen molar-refractivity contribution in [3.63, 3.8) is 0 Å². The summed E-state index contributed by atoms with van der Waals surface area (Å²) in [6, 6.07) is 2.71. The normalized spacial score (nSPS) is 13.3. The summed E-state index contributed by atoms with van der Waals surface area (Å²) in [5, 5.41) is 19.8. The number of halogens is 3. The molecule has 0 aromatic carbocycles. The van der Waals surface area contributed by atoms with Crippen molar-refractivity contribution in [2.45, 2.75) is 18.8 Å². The van der Waals surface area contributed by atoms with E-state index in [1.165, 1.54) is 18.3 Å². The highest BCUT2D eigenvalue weighted by Gasteiger charge is 2.37. The highest BCUT2D eigenvalue weighted by atomic mass is 19.4. The summed E-state index contributed by atoms with van der Waals surface area (Å²) < 4.78 is 35.9. The Morgan fingerprint density at radius 3 is 2.72 bits per heavy atom. The van der Waals surface area contributed by atoms with Crippen LogP contribution in [0.15, 0.2) is 18.3 Å².